The molecule has 0 bridgehead atoms. The fourth-order valence-electron chi connectivity index (χ4n) is 3.83. The first-order chi connectivity index (χ1) is 18.4. The fraction of sp³-hybridized carbons (Fsp3) is 0.310. The van der Waals surface area contributed by atoms with Crippen LogP contribution in [0.25, 0.3) is 0 Å². The average molecular weight is 591 g/mol. The van der Waals surface area contributed by atoms with Crippen LogP contribution >= 0.6 is 23.2 Å². The maximum atomic E-state index is 13.9. The minimum atomic E-state index is -4.11. The normalized spacial score (nSPS) is 12.2. The number of hydrogen-bond donors (Lipinski definition) is 1. The lowest BCUT2D eigenvalue weighted by Gasteiger charge is -2.32. The van der Waals surface area contributed by atoms with Gasteiger partial charge in [-0.05, 0) is 61.7 Å². The van der Waals surface area contributed by atoms with Crippen molar-refractivity contribution in [3.05, 3.63) is 94.0 Å². The summed E-state index contributed by atoms with van der Waals surface area (Å²) in [5.41, 5.74) is 1.85. The Hall–Kier alpha value is -3.07. The van der Waals surface area contributed by atoms with E-state index in [9.17, 15) is 18.0 Å². The van der Waals surface area contributed by atoms with Gasteiger partial charge in [0.05, 0.1) is 10.6 Å². The van der Waals surface area contributed by atoms with Crippen LogP contribution in [-0.2, 0) is 26.2 Å². The number of hydrogen-bond acceptors (Lipinski definition) is 4. The molecule has 1 N–H and O–H groups in total. The van der Waals surface area contributed by atoms with Gasteiger partial charge in [0.25, 0.3) is 10.0 Å². The first-order valence-corrected chi connectivity index (χ1v) is 14.7. The van der Waals surface area contributed by atoms with Gasteiger partial charge in [0.2, 0.25) is 11.8 Å². The molecule has 0 aliphatic rings. The van der Waals surface area contributed by atoms with Gasteiger partial charge >= 0.3 is 0 Å². The van der Waals surface area contributed by atoms with Gasteiger partial charge in [-0.3, -0.25) is 13.9 Å². The summed E-state index contributed by atoms with van der Waals surface area (Å²) in [6.45, 7) is 7.33. The van der Waals surface area contributed by atoms with Crippen molar-refractivity contribution in [2.45, 2.75) is 45.2 Å². The Labute approximate surface area is 240 Å². The minimum absolute atomic E-state index is 0.0157. The van der Waals surface area contributed by atoms with Gasteiger partial charge in [-0.2, -0.15) is 0 Å². The quantitative estimate of drug-likeness (QED) is 0.311. The highest BCUT2D eigenvalue weighted by Gasteiger charge is 2.32. The van der Waals surface area contributed by atoms with Crippen LogP contribution in [-0.4, -0.2) is 44.3 Å². The Bertz CT molecular complexity index is 1400. The molecule has 7 nitrogen and oxygen atoms in total. The van der Waals surface area contributed by atoms with Crippen molar-refractivity contribution in [3.63, 3.8) is 0 Å². The number of benzene rings is 3. The predicted molar refractivity (Wildman–Crippen MR) is 156 cm³/mol. The lowest BCUT2D eigenvalue weighted by Crippen LogP contribution is -2.51. The molecule has 0 aliphatic carbocycles. The van der Waals surface area contributed by atoms with Crippen molar-refractivity contribution < 1.29 is 18.0 Å². The van der Waals surface area contributed by atoms with Crippen LogP contribution in [0.15, 0.2) is 77.7 Å². The van der Waals surface area contributed by atoms with Gasteiger partial charge in [0, 0.05) is 23.1 Å². The summed E-state index contributed by atoms with van der Waals surface area (Å²) >= 11 is 12.5. The monoisotopic (exact) mass is 589 g/mol. The number of rotatable bonds is 11. The maximum Gasteiger partial charge on any atom is 0.264 e. The minimum Gasteiger partial charge on any atom is -0.354 e. The largest absolute Gasteiger partial charge is 0.354 e. The Morgan fingerprint density at radius 2 is 1.56 bits per heavy atom. The third-order valence-electron chi connectivity index (χ3n) is 6.14. The molecule has 10 heteroatoms. The van der Waals surface area contributed by atoms with E-state index < -0.39 is 28.5 Å². The smallest absolute Gasteiger partial charge is 0.264 e. The maximum absolute atomic E-state index is 13.9. The molecule has 3 aromatic rings. The summed E-state index contributed by atoms with van der Waals surface area (Å²) in [5, 5.41) is 3.62. The third-order valence-corrected chi connectivity index (χ3v) is 8.51. The zero-order chi connectivity index (χ0) is 28.7. The molecular weight excluding hydrogens is 557 g/mol. The van der Waals surface area contributed by atoms with Gasteiger partial charge in [-0.15, -0.1) is 0 Å². The van der Waals surface area contributed by atoms with Crippen molar-refractivity contribution >= 4 is 50.7 Å². The number of halogens is 2. The highest BCUT2D eigenvalue weighted by molar-refractivity contribution is 7.92. The molecule has 1 atom stereocenters. The lowest BCUT2D eigenvalue weighted by atomic mass is 10.1. The van der Waals surface area contributed by atoms with Crippen LogP contribution in [0.2, 0.25) is 10.0 Å². The highest BCUT2D eigenvalue weighted by atomic mass is 35.5. The summed E-state index contributed by atoms with van der Waals surface area (Å²) in [4.78, 5) is 28.3. The predicted octanol–water partition coefficient (Wildman–Crippen LogP) is 5.69. The van der Waals surface area contributed by atoms with Crippen LogP contribution in [0.5, 0.6) is 0 Å². The highest BCUT2D eigenvalue weighted by Crippen LogP contribution is 2.26. The molecule has 0 aliphatic heterocycles. The van der Waals surface area contributed by atoms with E-state index in [1.807, 2.05) is 20.8 Å². The molecule has 0 spiro atoms. The van der Waals surface area contributed by atoms with Gasteiger partial charge < -0.3 is 10.2 Å². The molecule has 0 aromatic heterocycles. The summed E-state index contributed by atoms with van der Waals surface area (Å²) in [7, 11) is -4.11. The van der Waals surface area contributed by atoms with Crippen molar-refractivity contribution in [2.75, 3.05) is 17.4 Å². The topological polar surface area (TPSA) is 86.8 Å². The SMILES string of the molecule is Cc1ccc(N(CC(=O)N(Cc2ccc(Cl)cc2Cl)[C@H](C)C(=O)NCC(C)C)S(=O)(=O)c2ccccc2)cc1. The summed E-state index contributed by atoms with van der Waals surface area (Å²) in [6, 6.07) is 18.8. The molecule has 0 heterocycles. The van der Waals surface area contributed by atoms with Crippen LogP contribution in [0.3, 0.4) is 0 Å². The molecule has 39 heavy (non-hydrogen) atoms. The van der Waals surface area contributed by atoms with E-state index in [0.29, 0.717) is 27.8 Å². The van der Waals surface area contributed by atoms with Crippen molar-refractivity contribution in [2.24, 2.45) is 5.92 Å². The van der Waals surface area contributed by atoms with E-state index in [0.717, 1.165) is 9.87 Å². The zero-order valence-electron chi connectivity index (χ0n) is 22.4. The van der Waals surface area contributed by atoms with Gasteiger partial charge in [0.1, 0.15) is 12.6 Å². The number of anilines is 1. The van der Waals surface area contributed by atoms with E-state index in [1.165, 1.54) is 17.0 Å². The number of carbonyl (C=O) groups excluding carboxylic acids is 2. The summed E-state index contributed by atoms with van der Waals surface area (Å²) in [6.07, 6.45) is 0. The molecule has 2 amide bonds. The second-order valence-electron chi connectivity index (χ2n) is 9.73. The molecule has 0 fully saturated rings. The van der Waals surface area contributed by atoms with Crippen molar-refractivity contribution in [1.82, 2.24) is 10.2 Å². The molecule has 3 aromatic carbocycles. The summed E-state index contributed by atoms with van der Waals surface area (Å²) < 4.78 is 28.6. The van der Waals surface area contributed by atoms with Gasteiger partial charge in [-0.1, -0.05) is 79.0 Å². The van der Waals surface area contributed by atoms with Crippen LogP contribution in [0.1, 0.15) is 31.9 Å². The fourth-order valence-corrected chi connectivity index (χ4v) is 5.73. The Morgan fingerprint density at radius 1 is 0.923 bits per heavy atom. The first kappa shape index (κ1) is 30.5. The van der Waals surface area contributed by atoms with E-state index >= 15 is 0 Å². The molecule has 0 radical (unpaired) electrons. The van der Waals surface area contributed by atoms with Crippen molar-refractivity contribution in [3.8, 4) is 0 Å². The molecule has 0 saturated heterocycles. The zero-order valence-corrected chi connectivity index (χ0v) is 24.7. The molecule has 0 unspecified atom stereocenters. The molecular formula is C29H33Cl2N3O4S. The second-order valence-corrected chi connectivity index (χ2v) is 12.4. The summed E-state index contributed by atoms with van der Waals surface area (Å²) in [5.74, 6) is -0.702. The van der Waals surface area contributed by atoms with Crippen LogP contribution in [0.4, 0.5) is 5.69 Å². The van der Waals surface area contributed by atoms with Crippen molar-refractivity contribution in [1.29, 1.82) is 0 Å². The average Bonchev–Trinajstić information content (AvgIpc) is 2.90. The number of aryl methyl sites for hydroxylation is 1. The van der Waals surface area contributed by atoms with E-state index in [-0.39, 0.29) is 23.3 Å². The van der Waals surface area contributed by atoms with E-state index in [2.05, 4.69) is 5.32 Å². The molecule has 0 saturated carbocycles. The number of sulfonamides is 1. The van der Waals surface area contributed by atoms with Crippen LogP contribution < -0.4 is 9.62 Å². The second kappa shape index (κ2) is 13.3. The lowest BCUT2D eigenvalue weighted by molar-refractivity contribution is -0.139. The Balaban J connectivity index is 2.01. The van der Waals surface area contributed by atoms with Gasteiger partial charge in [-0.25, -0.2) is 8.42 Å². The number of carbonyl (C=O) groups is 2. The van der Waals surface area contributed by atoms with E-state index in [4.69, 9.17) is 23.2 Å². The standard InChI is InChI=1S/C29H33Cl2N3O4S/c1-20(2)17-32-29(36)22(4)33(18-23-12-13-24(30)16-27(23)31)28(35)19-34(25-14-10-21(3)11-15-25)39(37,38)26-8-6-5-7-9-26/h5-16,20,22H,17-19H2,1-4H3,(H,32,36)/t22-/m1/s1. The number of amides is 2. The number of nitrogens with zero attached hydrogens (tertiary/aromatic N) is 2. The molecule has 3 rings (SSSR count). The third kappa shape index (κ3) is 7.97. The first-order valence-electron chi connectivity index (χ1n) is 12.6. The Morgan fingerprint density at radius 3 is 2.15 bits per heavy atom. The van der Waals surface area contributed by atoms with E-state index in [1.54, 1.807) is 67.6 Å². The van der Waals surface area contributed by atoms with Gasteiger partial charge in [0.15, 0.2) is 0 Å². The molecule has 208 valence electrons. The van der Waals surface area contributed by atoms with Crippen LogP contribution in [0, 0.1) is 12.8 Å². The Kier molecular flexibility index (Phi) is 10.4. The number of nitrogens with one attached hydrogen (secondary N) is 1.